The zero-order valence-corrected chi connectivity index (χ0v) is 9.81. The predicted octanol–water partition coefficient (Wildman–Crippen LogP) is 3.46. The molecule has 0 N–H and O–H groups in total. The summed E-state index contributed by atoms with van der Waals surface area (Å²) in [6, 6.07) is 14.7. The van der Waals surface area contributed by atoms with Crippen LogP contribution in [0.25, 0.3) is 0 Å². The normalized spacial score (nSPS) is 9.88. The minimum absolute atomic E-state index is 0.654. The molecular formula is C14H10O2S. The molecule has 0 heterocycles. The van der Waals surface area contributed by atoms with Gasteiger partial charge >= 0.3 is 0 Å². The van der Waals surface area contributed by atoms with Gasteiger partial charge in [0.25, 0.3) is 0 Å². The number of carbonyl (C=O) groups is 2. The molecule has 0 bridgehead atoms. The minimum Gasteiger partial charge on any atom is -0.298 e. The summed E-state index contributed by atoms with van der Waals surface area (Å²) in [5, 5.41) is 0. The van der Waals surface area contributed by atoms with Crippen LogP contribution in [-0.4, -0.2) is 12.6 Å². The predicted molar refractivity (Wildman–Crippen MR) is 67.8 cm³/mol. The van der Waals surface area contributed by atoms with Crippen LogP contribution in [-0.2, 0) is 0 Å². The van der Waals surface area contributed by atoms with E-state index >= 15 is 0 Å². The van der Waals surface area contributed by atoms with Gasteiger partial charge in [0, 0.05) is 20.9 Å². The molecule has 3 heteroatoms. The molecule has 0 saturated carbocycles. The number of benzene rings is 2. The van der Waals surface area contributed by atoms with Crippen molar-refractivity contribution >= 4 is 24.3 Å². The monoisotopic (exact) mass is 242 g/mol. The molecule has 0 aromatic heterocycles. The molecule has 0 radical (unpaired) electrons. The molecule has 0 aliphatic rings. The van der Waals surface area contributed by atoms with E-state index in [0.29, 0.717) is 11.1 Å². The van der Waals surface area contributed by atoms with Gasteiger partial charge in [-0.25, -0.2) is 0 Å². The van der Waals surface area contributed by atoms with Gasteiger partial charge < -0.3 is 0 Å². The van der Waals surface area contributed by atoms with E-state index < -0.39 is 0 Å². The van der Waals surface area contributed by atoms with Gasteiger partial charge in [-0.2, -0.15) is 0 Å². The summed E-state index contributed by atoms with van der Waals surface area (Å²) in [6.07, 6.45) is 1.65. The van der Waals surface area contributed by atoms with Crippen LogP contribution in [0.3, 0.4) is 0 Å². The maximum absolute atomic E-state index is 10.7. The van der Waals surface area contributed by atoms with Crippen molar-refractivity contribution in [1.29, 1.82) is 0 Å². The Morgan fingerprint density at radius 2 is 1.24 bits per heavy atom. The quantitative estimate of drug-likeness (QED) is 0.770. The van der Waals surface area contributed by atoms with E-state index in [4.69, 9.17) is 0 Å². The summed E-state index contributed by atoms with van der Waals surface area (Å²) in [7, 11) is 0. The van der Waals surface area contributed by atoms with Crippen molar-refractivity contribution in [3.8, 4) is 0 Å². The van der Waals surface area contributed by atoms with E-state index in [2.05, 4.69) is 0 Å². The van der Waals surface area contributed by atoms with Crippen LogP contribution in [0, 0.1) is 0 Å². The van der Waals surface area contributed by atoms with Crippen molar-refractivity contribution in [2.24, 2.45) is 0 Å². The van der Waals surface area contributed by atoms with Crippen LogP contribution in [0.4, 0.5) is 0 Å². The van der Waals surface area contributed by atoms with Gasteiger partial charge in [-0.1, -0.05) is 36.0 Å². The Balaban J connectivity index is 2.24. The highest BCUT2D eigenvalue weighted by atomic mass is 32.2. The molecule has 2 aromatic rings. The molecule has 0 saturated heterocycles. The third-order valence-electron chi connectivity index (χ3n) is 2.22. The standard InChI is InChI=1S/C14H10O2S/c15-9-11-3-1-5-13(7-11)17-14-6-2-4-12(8-14)10-16/h1-10H. The second-order valence-electron chi connectivity index (χ2n) is 3.48. The van der Waals surface area contributed by atoms with Crippen LogP contribution in [0.5, 0.6) is 0 Å². The molecule has 0 aliphatic carbocycles. The van der Waals surface area contributed by atoms with Crippen molar-refractivity contribution < 1.29 is 9.59 Å². The van der Waals surface area contributed by atoms with Crippen LogP contribution < -0.4 is 0 Å². The number of aldehydes is 2. The first kappa shape index (κ1) is 11.6. The fourth-order valence-electron chi connectivity index (χ4n) is 1.44. The maximum atomic E-state index is 10.7. The SMILES string of the molecule is O=Cc1cccc(Sc2cccc(C=O)c2)c1. The molecular weight excluding hydrogens is 232 g/mol. The third kappa shape index (κ3) is 3.04. The topological polar surface area (TPSA) is 34.1 Å². The molecule has 84 valence electrons. The molecule has 0 atom stereocenters. The molecule has 0 spiro atoms. The Kier molecular flexibility index (Phi) is 3.73. The molecule has 0 amide bonds. The fraction of sp³-hybridized carbons (Fsp3) is 0. The second-order valence-corrected chi connectivity index (χ2v) is 4.63. The highest BCUT2D eigenvalue weighted by Crippen LogP contribution is 2.28. The maximum Gasteiger partial charge on any atom is 0.150 e. The van der Waals surface area contributed by atoms with Crippen molar-refractivity contribution in [3.05, 3.63) is 59.7 Å². The zero-order valence-electron chi connectivity index (χ0n) is 9.00. The van der Waals surface area contributed by atoms with Crippen LogP contribution in [0.2, 0.25) is 0 Å². The summed E-state index contributed by atoms with van der Waals surface area (Å²) in [5.74, 6) is 0. The van der Waals surface area contributed by atoms with E-state index in [1.54, 1.807) is 12.1 Å². The molecule has 0 aliphatic heterocycles. The average molecular weight is 242 g/mol. The lowest BCUT2D eigenvalue weighted by Crippen LogP contribution is -1.82. The second kappa shape index (κ2) is 5.46. The van der Waals surface area contributed by atoms with Gasteiger partial charge in [0.05, 0.1) is 0 Å². The lowest BCUT2D eigenvalue weighted by Gasteiger charge is -2.02. The van der Waals surface area contributed by atoms with Crippen LogP contribution in [0.15, 0.2) is 58.3 Å². The lowest BCUT2D eigenvalue weighted by molar-refractivity contribution is 0.111. The van der Waals surface area contributed by atoms with Gasteiger partial charge in [-0.15, -0.1) is 0 Å². The van der Waals surface area contributed by atoms with E-state index in [1.807, 2.05) is 36.4 Å². The number of hydrogen-bond donors (Lipinski definition) is 0. The number of hydrogen-bond acceptors (Lipinski definition) is 3. The Labute approximate surface area is 104 Å². The first-order valence-corrected chi connectivity index (χ1v) is 5.92. The largest absolute Gasteiger partial charge is 0.298 e. The Hall–Kier alpha value is -1.87. The fourth-order valence-corrected chi connectivity index (χ4v) is 2.39. The van der Waals surface area contributed by atoms with E-state index in [1.165, 1.54) is 11.8 Å². The third-order valence-corrected chi connectivity index (χ3v) is 3.20. The van der Waals surface area contributed by atoms with Crippen LogP contribution in [0.1, 0.15) is 20.7 Å². The van der Waals surface area contributed by atoms with Crippen molar-refractivity contribution in [3.63, 3.8) is 0 Å². The van der Waals surface area contributed by atoms with Gasteiger partial charge in [-0.05, 0) is 24.3 Å². The van der Waals surface area contributed by atoms with E-state index in [0.717, 1.165) is 22.4 Å². The molecule has 17 heavy (non-hydrogen) atoms. The highest BCUT2D eigenvalue weighted by molar-refractivity contribution is 7.99. The van der Waals surface area contributed by atoms with Gasteiger partial charge in [0.15, 0.2) is 0 Å². The minimum atomic E-state index is 0.654. The Morgan fingerprint density at radius 1 is 0.765 bits per heavy atom. The van der Waals surface area contributed by atoms with Crippen molar-refractivity contribution in [1.82, 2.24) is 0 Å². The molecule has 2 aromatic carbocycles. The molecule has 0 unspecified atom stereocenters. The summed E-state index contributed by atoms with van der Waals surface area (Å²) >= 11 is 1.53. The summed E-state index contributed by atoms with van der Waals surface area (Å²) in [6.45, 7) is 0. The van der Waals surface area contributed by atoms with E-state index in [9.17, 15) is 9.59 Å². The molecule has 2 rings (SSSR count). The van der Waals surface area contributed by atoms with Gasteiger partial charge in [0.1, 0.15) is 12.6 Å². The van der Waals surface area contributed by atoms with E-state index in [-0.39, 0.29) is 0 Å². The van der Waals surface area contributed by atoms with Crippen molar-refractivity contribution in [2.75, 3.05) is 0 Å². The Morgan fingerprint density at radius 3 is 1.65 bits per heavy atom. The van der Waals surface area contributed by atoms with Crippen LogP contribution >= 0.6 is 11.8 Å². The lowest BCUT2D eigenvalue weighted by atomic mass is 10.2. The van der Waals surface area contributed by atoms with Crippen molar-refractivity contribution in [2.45, 2.75) is 9.79 Å². The zero-order chi connectivity index (χ0) is 12.1. The summed E-state index contributed by atoms with van der Waals surface area (Å²) < 4.78 is 0. The first-order valence-electron chi connectivity index (χ1n) is 5.10. The highest BCUT2D eigenvalue weighted by Gasteiger charge is 1.99. The van der Waals surface area contributed by atoms with Gasteiger partial charge in [0.2, 0.25) is 0 Å². The smallest absolute Gasteiger partial charge is 0.150 e. The molecule has 2 nitrogen and oxygen atoms in total. The summed E-state index contributed by atoms with van der Waals surface area (Å²) in [5.41, 5.74) is 1.31. The number of rotatable bonds is 4. The summed E-state index contributed by atoms with van der Waals surface area (Å²) in [4.78, 5) is 23.3. The number of carbonyl (C=O) groups excluding carboxylic acids is 2. The Bertz CT molecular complexity index is 500. The molecule has 0 fully saturated rings. The first-order chi connectivity index (χ1) is 8.31. The average Bonchev–Trinajstić information content (AvgIpc) is 2.39. The van der Waals surface area contributed by atoms with Gasteiger partial charge in [-0.3, -0.25) is 9.59 Å².